The number of methoxy groups -OCH3 is 1. The Hall–Kier alpha value is -2.48. The van der Waals surface area contributed by atoms with Gasteiger partial charge in [0, 0.05) is 38.4 Å². The average Bonchev–Trinajstić information content (AvgIpc) is 3.38. The lowest BCUT2D eigenvalue weighted by Gasteiger charge is -2.24. The molecule has 1 aromatic carbocycles. The second kappa shape index (κ2) is 13.3. The summed E-state index contributed by atoms with van der Waals surface area (Å²) in [7, 11) is 3.54. The molecule has 1 unspecified atom stereocenters. The van der Waals surface area contributed by atoms with Crippen LogP contribution in [0.25, 0.3) is 17.0 Å². The number of ether oxygens (including phenoxy) is 2. The zero-order valence-corrected chi connectivity index (χ0v) is 20.2. The highest BCUT2D eigenvalue weighted by molar-refractivity contribution is 5.70. The van der Waals surface area contributed by atoms with Gasteiger partial charge in [-0.1, -0.05) is 31.6 Å². The lowest BCUT2D eigenvalue weighted by Crippen LogP contribution is -2.29. The molecule has 0 fully saturated rings. The van der Waals surface area contributed by atoms with Crippen LogP contribution >= 0.6 is 0 Å². The summed E-state index contributed by atoms with van der Waals surface area (Å²) in [6.45, 7) is 5.29. The van der Waals surface area contributed by atoms with E-state index in [0.29, 0.717) is 24.7 Å². The molecule has 0 amide bonds. The highest BCUT2D eigenvalue weighted by Crippen LogP contribution is 2.31. The standard InChI is InChI=1S/C26H38N4O3/c1-4-5-13-30(14-15-32-3)25-17-24(20-9-6-7-10-20)28-26(29-25)21-11-8-12-23(16-21)33-19-22(31)18-27-2/h8-9,11-12,16-17,22,27,31H,4-7,10,13-15,18-19H2,1-3H3. The predicted octanol–water partition coefficient (Wildman–Crippen LogP) is 3.92. The normalized spacial score (nSPS) is 14.2. The summed E-state index contributed by atoms with van der Waals surface area (Å²) in [5.41, 5.74) is 3.20. The molecule has 7 nitrogen and oxygen atoms in total. The Kier molecular flexibility index (Phi) is 10.1. The van der Waals surface area contributed by atoms with Crippen LogP contribution in [0.5, 0.6) is 5.75 Å². The summed E-state index contributed by atoms with van der Waals surface area (Å²) in [5, 5.41) is 12.9. The van der Waals surface area contributed by atoms with E-state index in [9.17, 15) is 5.11 Å². The van der Waals surface area contributed by atoms with Crippen LogP contribution in [-0.4, -0.2) is 68.2 Å². The molecule has 1 heterocycles. The van der Waals surface area contributed by atoms with Crippen molar-refractivity contribution >= 4 is 11.4 Å². The van der Waals surface area contributed by atoms with Gasteiger partial charge in [-0.05, 0) is 50.4 Å². The Balaban J connectivity index is 1.92. The fraction of sp³-hybridized carbons (Fsp3) is 0.538. The molecule has 1 aliphatic carbocycles. The van der Waals surface area contributed by atoms with Crippen LogP contribution in [0.15, 0.2) is 36.4 Å². The Labute approximate surface area is 197 Å². The quantitative estimate of drug-likeness (QED) is 0.448. The van der Waals surface area contributed by atoms with E-state index in [4.69, 9.17) is 19.4 Å². The number of unbranched alkanes of at least 4 members (excludes halogenated alkanes) is 1. The van der Waals surface area contributed by atoms with Crippen LogP contribution in [0.4, 0.5) is 5.82 Å². The third-order valence-electron chi connectivity index (χ3n) is 5.73. The number of aromatic nitrogens is 2. The molecule has 33 heavy (non-hydrogen) atoms. The smallest absolute Gasteiger partial charge is 0.162 e. The molecule has 1 aromatic heterocycles. The predicted molar refractivity (Wildman–Crippen MR) is 134 cm³/mol. The van der Waals surface area contributed by atoms with Gasteiger partial charge in [0.2, 0.25) is 0 Å². The van der Waals surface area contributed by atoms with Gasteiger partial charge in [0.1, 0.15) is 24.3 Å². The van der Waals surface area contributed by atoms with Gasteiger partial charge >= 0.3 is 0 Å². The van der Waals surface area contributed by atoms with E-state index in [0.717, 1.165) is 55.8 Å². The third kappa shape index (κ3) is 7.52. The Morgan fingerprint density at radius 1 is 1.21 bits per heavy atom. The Morgan fingerprint density at radius 3 is 2.82 bits per heavy atom. The van der Waals surface area contributed by atoms with Gasteiger partial charge in [-0.15, -0.1) is 0 Å². The molecule has 180 valence electrons. The maximum Gasteiger partial charge on any atom is 0.162 e. The fourth-order valence-electron chi connectivity index (χ4n) is 3.90. The summed E-state index contributed by atoms with van der Waals surface area (Å²) in [4.78, 5) is 12.2. The SMILES string of the molecule is CCCCN(CCOC)c1cc(C2=CCCC2)nc(-c2cccc(OCC(O)CNC)c2)n1. The van der Waals surface area contributed by atoms with Gasteiger partial charge in [-0.3, -0.25) is 0 Å². The summed E-state index contributed by atoms with van der Waals surface area (Å²) in [6, 6.07) is 9.92. The molecule has 2 aromatic rings. The van der Waals surface area contributed by atoms with Crippen LogP contribution in [0.1, 0.15) is 44.7 Å². The first-order chi connectivity index (χ1) is 16.1. The monoisotopic (exact) mass is 454 g/mol. The van der Waals surface area contributed by atoms with Crippen molar-refractivity contribution in [1.29, 1.82) is 0 Å². The first-order valence-corrected chi connectivity index (χ1v) is 12.0. The minimum absolute atomic E-state index is 0.227. The highest BCUT2D eigenvalue weighted by atomic mass is 16.5. The Bertz CT molecular complexity index is 895. The molecule has 1 aliphatic rings. The lowest BCUT2D eigenvalue weighted by molar-refractivity contribution is 0.108. The van der Waals surface area contributed by atoms with Crippen molar-refractivity contribution in [2.45, 2.75) is 45.1 Å². The number of likely N-dealkylation sites (N-methyl/N-ethyl adjacent to an activating group) is 1. The van der Waals surface area contributed by atoms with E-state index in [2.05, 4.69) is 29.3 Å². The van der Waals surface area contributed by atoms with Crippen LogP contribution in [0, 0.1) is 0 Å². The van der Waals surface area contributed by atoms with Gasteiger partial charge in [0.05, 0.1) is 12.3 Å². The Morgan fingerprint density at radius 2 is 2.09 bits per heavy atom. The molecule has 0 saturated carbocycles. The van der Waals surface area contributed by atoms with E-state index >= 15 is 0 Å². The zero-order chi connectivity index (χ0) is 23.5. The molecule has 2 N–H and O–H groups in total. The van der Waals surface area contributed by atoms with Crippen molar-refractivity contribution in [3.8, 4) is 17.1 Å². The van der Waals surface area contributed by atoms with Crippen molar-refractivity contribution in [3.63, 3.8) is 0 Å². The van der Waals surface area contributed by atoms with Crippen LogP contribution in [0.3, 0.4) is 0 Å². The number of hydrogen-bond donors (Lipinski definition) is 2. The topological polar surface area (TPSA) is 79.7 Å². The van der Waals surface area contributed by atoms with E-state index in [1.165, 1.54) is 12.0 Å². The molecule has 0 aliphatic heterocycles. The minimum Gasteiger partial charge on any atom is -0.491 e. The lowest BCUT2D eigenvalue weighted by atomic mass is 10.1. The molecular formula is C26H38N4O3. The third-order valence-corrected chi connectivity index (χ3v) is 5.73. The number of aliphatic hydroxyl groups excluding tert-OH is 1. The van der Waals surface area contributed by atoms with Gasteiger partial charge in [-0.25, -0.2) is 9.97 Å². The summed E-state index contributed by atoms with van der Waals surface area (Å²) in [6.07, 6.45) is 7.28. The van der Waals surface area contributed by atoms with Crippen LogP contribution in [-0.2, 0) is 4.74 Å². The molecule has 7 heteroatoms. The van der Waals surface area contributed by atoms with E-state index in [1.54, 1.807) is 7.11 Å². The number of nitrogens with zero attached hydrogens (tertiary/aromatic N) is 3. The molecule has 3 rings (SSSR count). The number of aliphatic hydroxyl groups is 1. The van der Waals surface area contributed by atoms with Gasteiger partial charge in [0.25, 0.3) is 0 Å². The molecule has 1 atom stereocenters. The molecule has 0 bridgehead atoms. The number of allylic oxidation sites excluding steroid dienone is 2. The largest absolute Gasteiger partial charge is 0.491 e. The van der Waals surface area contributed by atoms with Crippen molar-refractivity contribution in [3.05, 3.63) is 42.1 Å². The van der Waals surface area contributed by atoms with Crippen LogP contribution < -0.4 is 15.0 Å². The average molecular weight is 455 g/mol. The van der Waals surface area contributed by atoms with Gasteiger partial charge in [-0.2, -0.15) is 0 Å². The number of hydrogen-bond acceptors (Lipinski definition) is 7. The van der Waals surface area contributed by atoms with Crippen molar-refractivity contribution in [1.82, 2.24) is 15.3 Å². The van der Waals surface area contributed by atoms with Crippen molar-refractivity contribution in [2.75, 3.05) is 51.9 Å². The molecule has 0 saturated heterocycles. The van der Waals surface area contributed by atoms with Crippen LogP contribution in [0.2, 0.25) is 0 Å². The highest BCUT2D eigenvalue weighted by Gasteiger charge is 2.17. The summed E-state index contributed by atoms with van der Waals surface area (Å²) in [5.74, 6) is 2.32. The summed E-state index contributed by atoms with van der Waals surface area (Å²) >= 11 is 0. The molecular weight excluding hydrogens is 416 g/mol. The second-order valence-electron chi connectivity index (χ2n) is 8.44. The van der Waals surface area contributed by atoms with Crippen molar-refractivity contribution < 1.29 is 14.6 Å². The first-order valence-electron chi connectivity index (χ1n) is 12.0. The fourth-order valence-corrected chi connectivity index (χ4v) is 3.90. The maximum atomic E-state index is 9.96. The van der Waals surface area contributed by atoms with Gasteiger partial charge < -0.3 is 24.8 Å². The number of nitrogens with one attached hydrogen (secondary N) is 1. The number of benzene rings is 1. The number of anilines is 1. The zero-order valence-electron chi connectivity index (χ0n) is 20.2. The van der Waals surface area contributed by atoms with E-state index in [1.807, 2.05) is 31.3 Å². The van der Waals surface area contributed by atoms with Crippen molar-refractivity contribution in [2.24, 2.45) is 0 Å². The minimum atomic E-state index is -0.563. The molecule has 0 radical (unpaired) electrons. The second-order valence-corrected chi connectivity index (χ2v) is 8.44. The van der Waals surface area contributed by atoms with E-state index < -0.39 is 6.10 Å². The molecule has 0 spiro atoms. The van der Waals surface area contributed by atoms with E-state index in [-0.39, 0.29) is 6.61 Å². The maximum absolute atomic E-state index is 9.96. The first kappa shape index (κ1) is 25.1. The number of rotatable bonds is 14. The summed E-state index contributed by atoms with van der Waals surface area (Å²) < 4.78 is 11.2. The van der Waals surface area contributed by atoms with Gasteiger partial charge in [0.15, 0.2) is 5.82 Å².